The number of carbonyl (C=O) groups excluding carboxylic acids is 1. The Kier molecular flexibility index (Phi) is 7.86. The van der Waals surface area contributed by atoms with Gasteiger partial charge >= 0.3 is 5.97 Å². The number of halogens is 1. The van der Waals surface area contributed by atoms with Crippen LogP contribution in [0, 0.1) is 0 Å². The first kappa shape index (κ1) is 22.2. The summed E-state index contributed by atoms with van der Waals surface area (Å²) in [7, 11) is -1.38. The zero-order valence-electron chi connectivity index (χ0n) is 15.4. The highest BCUT2D eigenvalue weighted by Crippen LogP contribution is 2.19. The van der Waals surface area contributed by atoms with Crippen LogP contribution in [0.3, 0.4) is 0 Å². The number of fused-ring (bicyclic) bond motifs is 1. The van der Waals surface area contributed by atoms with Gasteiger partial charge in [-0.2, -0.15) is 0 Å². The molecule has 26 heavy (non-hydrogen) atoms. The molecule has 1 aromatic carbocycles. The van der Waals surface area contributed by atoms with E-state index in [9.17, 15) is 14.7 Å². The molecule has 1 amide bonds. The van der Waals surface area contributed by atoms with Gasteiger partial charge in [-0.25, -0.2) is 4.79 Å². The summed E-state index contributed by atoms with van der Waals surface area (Å²) in [5.74, 6) is -1.43. The number of amides is 1. The highest BCUT2D eigenvalue weighted by molar-refractivity contribution is 6.76. The van der Waals surface area contributed by atoms with E-state index in [1.165, 1.54) is 0 Å². The summed E-state index contributed by atoms with van der Waals surface area (Å²) >= 11 is 0. The third-order valence-corrected chi connectivity index (χ3v) is 6.04. The molecule has 0 saturated carbocycles. The minimum Gasteiger partial charge on any atom is -0.480 e. The van der Waals surface area contributed by atoms with Crippen LogP contribution in [0.15, 0.2) is 30.5 Å². The van der Waals surface area contributed by atoms with Crippen LogP contribution in [0.5, 0.6) is 0 Å². The van der Waals surface area contributed by atoms with Crippen molar-refractivity contribution in [3.05, 3.63) is 36.0 Å². The van der Waals surface area contributed by atoms with E-state index in [1.807, 2.05) is 30.5 Å². The smallest absolute Gasteiger partial charge is 0.326 e. The van der Waals surface area contributed by atoms with Gasteiger partial charge in [-0.3, -0.25) is 4.79 Å². The summed E-state index contributed by atoms with van der Waals surface area (Å²) in [5, 5.41) is 13.0. The Hall–Kier alpha value is -1.83. The van der Waals surface area contributed by atoms with Crippen molar-refractivity contribution in [2.75, 3.05) is 0 Å². The largest absolute Gasteiger partial charge is 0.480 e. The SMILES string of the molecule is C[Si](C)(C)CC[C@H](NC(=O)[C@@H](N)Cc1c[nH]c2ccccc12)C(=O)O.Cl. The van der Waals surface area contributed by atoms with E-state index >= 15 is 0 Å². The van der Waals surface area contributed by atoms with Crippen molar-refractivity contribution in [3.63, 3.8) is 0 Å². The second-order valence-corrected chi connectivity index (χ2v) is 13.3. The summed E-state index contributed by atoms with van der Waals surface area (Å²) in [6.45, 7) is 6.53. The number of carboxylic acid groups (broad SMARTS) is 1. The Morgan fingerprint density at radius 3 is 2.54 bits per heavy atom. The van der Waals surface area contributed by atoms with Crippen LogP contribution in [0.25, 0.3) is 10.9 Å². The van der Waals surface area contributed by atoms with Crippen LogP contribution >= 0.6 is 12.4 Å². The Labute approximate surface area is 161 Å². The number of aliphatic carboxylic acids is 1. The molecule has 8 heteroatoms. The highest BCUT2D eigenvalue weighted by Gasteiger charge is 2.26. The van der Waals surface area contributed by atoms with E-state index in [4.69, 9.17) is 5.73 Å². The van der Waals surface area contributed by atoms with Gasteiger partial charge < -0.3 is 21.1 Å². The zero-order valence-corrected chi connectivity index (χ0v) is 17.2. The van der Waals surface area contributed by atoms with Gasteiger partial charge in [-0.1, -0.05) is 43.9 Å². The molecule has 0 fully saturated rings. The minimum absolute atomic E-state index is 0. The van der Waals surface area contributed by atoms with E-state index in [2.05, 4.69) is 29.9 Å². The molecule has 0 aliphatic heterocycles. The number of nitrogens with two attached hydrogens (primary N) is 1. The quantitative estimate of drug-likeness (QED) is 0.513. The van der Waals surface area contributed by atoms with Crippen LogP contribution in [-0.2, 0) is 16.0 Å². The average molecular weight is 398 g/mol. The summed E-state index contributed by atoms with van der Waals surface area (Å²) < 4.78 is 0. The molecule has 0 unspecified atom stereocenters. The van der Waals surface area contributed by atoms with Crippen molar-refractivity contribution in [2.24, 2.45) is 5.73 Å². The lowest BCUT2D eigenvalue weighted by atomic mass is 10.0. The van der Waals surface area contributed by atoms with Crippen LogP contribution in [0.1, 0.15) is 12.0 Å². The molecule has 0 aliphatic carbocycles. The lowest BCUT2D eigenvalue weighted by molar-refractivity contribution is -0.142. The molecule has 2 aromatic rings. The van der Waals surface area contributed by atoms with Crippen LogP contribution in [0.4, 0.5) is 0 Å². The maximum atomic E-state index is 12.3. The lowest BCUT2D eigenvalue weighted by Gasteiger charge is -2.21. The standard InChI is InChI=1S/C18H27N3O3Si.ClH/c1-25(2,3)9-8-16(18(23)24)21-17(22)14(19)10-12-11-20-15-7-5-4-6-13(12)15;/h4-7,11,14,16,20H,8-10,19H2,1-3H3,(H,21,22)(H,23,24);1H/t14-,16-;/m0./s1. The molecule has 1 aromatic heterocycles. The third-order valence-electron chi connectivity index (χ3n) is 4.25. The number of H-pyrrole nitrogens is 1. The number of hydrogen-bond donors (Lipinski definition) is 4. The van der Waals surface area contributed by atoms with Gasteiger partial charge in [0.15, 0.2) is 0 Å². The average Bonchev–Trinajstić information content (AvgIpc) is 2.93. The van der Waals surface area contributed by atoms with Crippen molar-refractivity contribution < 1.29 is 14.7 Å². The molecule has 0 saturated heterocycles. The van der Waals surface area contributed by atoms with E-state index in [0.29, 0.717) is 12.8 Å². The fourth-order valence-electron chi connectivity index (χ4n) is 2.74. The number of nitrogens with one attached hydrogen (secondary N) is 2. The Bertz CT molecular complexity index is 757. The van der Waals surface area contributed by atoms with Gasteiger partial charge in [0, 0.05) is 25.2 Å². The van der Waals surface area contributed by atoms with Gasteiger partial charge in [0.05, 0.1) is 6.04 Å². The van der Waals surface area contributed by atoms with E-state index in [1.54, 1.807) is 0 Å². The van der Waals surface area contributed by atoms with Gasteiger partial charge in [-0.05, 0) is 24.5 Å². The maximum absolute atomic E-state index is 12.3. The van der Waals surface area contributed by atoms with Gasteiger partial charge in [0.25, 0.3) is 0 Å². The number of carbonyl (C=O) groups is 2. The number of hydrogen-bond acceptors (Lipinski definition) is 3. The first-order valence-corrected chi connectivity index (χ1v) is 12.2. The molecule has 0 radical (unpaired) electrons. The predicted octanol–water partition coefficient (Wildman–Crippen LogP) is 2.76. The summed E-state index contributed by atoms with van der Waals surface area (Å²) in [6.07, 6.45) is 2.64. The van der Waals surface area contributed by atoms with Crippen LogP contribution in [0.2, 0.25) is 25.7 Å². The maximum Gasteiger partial charge on any atom is 0.326 e. The van der Waals surface area contributed by atoms with Gasteiger partial charge in [0.1, 0.15) is 6.04 Å². The molecule has 0 aliphatic rings. The molecular formula is C18H28ClN3O3Si. The monoisotopic (exact) mass is 397 g/mol. The van der Waals surface area contributed by atoms with Crippen molar-refractivity contribution in [2.45, 2.75) is 50.6 Å². The molecular weight excluding hydrogens is 370 g/mol. The summed E-state index contributed by atoms with van der Waals surface area (Å²) in [5.41, 5.74) is 7.96. The summed E-state index contributed by atoms with van der Waals surface area (Å²) in [4.78, 5) is 26.9. The molecule has 144 valence electrons. The predicted molar refractivity (Wildman–Crippen MR) is 110 cm³/mol. The van der Waals surface area contributed by atoms with Gasteiger partial charge in [-0.15, -0.1) is 12.4 Å². The number of benzene rings is 1. The zero-order chi connectivity index (χ0) is 18.6. The fraction of sp³-hybridized carbons (Fsp3) is 0.444. The van der Waals surface area contributed by atoms with Crippen molar-refractivity contribution in [3.8, 4) is 0 Å². The van der Waals surface area contributed by atoms with Crippen LogP contribution < -0.4 is 11.1 Å². The highest BCUT2D eigenvalue weighted by atomic mass is 35.5. The Morgan fingerprint density at radius 1 is 1.27 bits per heavy atom. The van der Waals surface area contributed by atoms with E-state index < -0.39 is 32.0 Å². The van der Waals surface area contributed by atoms with Crippen molar-refractivity contribution in [1.29, 1.82) is 0 Å². The topological polar surface area (TPSA) is 108 Å². The van der Waals surface area contributed by atoms with Crippen molar-refractivity contribution >= 4 is 43.3 Å². The third kappa shape index (κ3) is 6.16. The van der Waals surface area contributed by atoms with E-state index in [0.717, 1.165) is 22.5 Å². The minimum atomic E-state index is -1.38. The molecule has 6 nitrogen and oxygen atoms in total. The normalized spacial score (nSPS) is 13.7. The number of carboxylic acids is 1. The molecule has 2 rings (SSSR count). The number of rotatable bonds is 8. The lowest BCUT2D eigenvalue weighted by Crippen LogP contribution is -2.49. The number of aromatic amines is 1. The van der Waals surface area contributed by atoms with Gasteiger partial charge in [0.2, 0.25) is 5.91 Å². The Morgan fingerprint density at radius 2 is 1.92 bits per heavy atom. The fourth-order valence-corrected chi connectivity index (χ4v) is 3.90. The van der Waals surface area contributed by atoms with Crippen LogP contribution in [-0.4, -0.2) is 42.1 Å². The van der Waals surface area contributed by atoms with Crippen molar-refractivity contribution in [1.82, 2.24) is 10.3 Å². The number of aromatic nitrogens is 1. The summed E-state index contributed by atoms with van der Waals surface area (Å²) in [6, 6.07) is 6.97. The molecule has 1 heterocycles. The number of para-hydroxylation sites is 1. The first-order valence-electron chi connectivity index (χ1n) is 8.51. The second kappa shape index (κ2) is 9.20. The molecule has 0 bridgehead atoms. The first-order chi connectivity index (χ1) is 11.7. The molecule has 0 spiro atoms. The molecule has 2 atom stereocenters. The van der Waals surface area contributed by atoms with E-state index in [-0.39, 0.29) is 12.4 Å². The molecule has 5 N–H and O–H groups in total. The second-order valence-electron chi connectivity index (χ2n) is 7.67. The Balaban J connectivity index is 0.00000338.